The number of hydrogen-bond acceptors (Lipinski definition) is 6. The van der Waals surface area contributed by atoms with Crippen molar-refractivity contribution in [2.45, 2.75) is 50.0 Å². The maximum absolute atomic E-state index is 13.5. The molecule has 0 saturated carbocycles. The highest BCUT2D eigenvalue weighted by Gasteiger charge is 2.40. The summed E-state index contributed by atoms with van der Waals surface area (Å²) in [4.78, 5) is 30.8. The van der Waals surface area contributed by atoms with Gasteiger partial charge in [-0.3, -0.25) is 14.5 Å². The lowest BCUT2D eigenvalue weighted by atomic mass is 10.0. The maximum Gasteiger partial charge on any atom is 0.258 e. The zero-order chi connectivity index (χ0) is 21.2. The van der Waals surface area contributed by atoms with Crippen LogP contribution in [0.25, 0.3) is 0 Å². The predicted octanol–water partition coefficient (Wildman–Crippen LogP) is 1.05. The molecule has 8 heteroatoms. The molecular weight excluding hydrogens is 398 g/mol. The van der Waals surface area contributed by atoms with Gasteiger partial charge in [0.2, 0.25) is 5.91 Å². The first-order valence-electron chi connectivity index (χ1n) is 11.5. The van der Waals surface area contributed by atoms with Crippen LogP contribution >= 0.6 is 0 Å². The Morgan fingerprint density at radius 3 is 2.68 bits per heavy atom. The van der Waals surface area contributed by atoms with Gasteiger partial charge < -0.3 is 24.4 Å². The highest BCUT2D eigenvalue weighted by Crippen LogP contribution is 2.26. The van der Waals surface area contributed by atoms with Crippen molar-refractivity contribution in [3.05, 3.63) is 29.8 Å². The number of fused-ring (bicyclic) bond motifs is 4. The van der Waals surface area contributed by atoms with E-state index in [1.807, 2.05) is 18.2 Å². The van der Waals surface area contributed by atoms with Gasteiger partial charge >= 0.3 is 0 Å². The van der Waals surface area contributed by atoms with Crippen LogP contribution in [0.4, 0.5) is 0 Å². The fourth-order valence-electron chi connectivity index (χ4n) is 4.94. The Balaban J connectivity index is 1.42. The van der Waals surface area contributed by atoms with Gasteiger partial charge in [0.1, 0.15) is 11.8 Å². The smallest absolute Gasteiger partial charge is 0.258 e. The number of benzene rings is 1. The van der Waals surface area contributed by atoms with Crippen LogP contribution in [0, 0.1) is 0 Å². The summed E-state index contributed by atoms with van der Waals surface area (Å²) in [7, 11) is 0. The molecular formula is C23H31N3O5. The molecule has 0 radical (unpaired) electrons. The number of hydrogen-bond donors (Lipinski definition) is 1. The predicted molar refractivity (Wildman–Crippen MR) is 113 cm³/mol. The molecule has 0 aliphatic carbocycles. The van der Waals surface area contributed by atoms with E-state index < -0.39 is 6.04 Å². The Morgan fingerprint density at radius 2 is 1.84 bits per heavy atom. The number of rotatable bonds is 1. The van der Waals surface area contributed by atoms with Gasteiger partial charge in [0.05, 0.1) is 43.6 Å². The molecule has 1 aromatic rings. The van der Waals surface area contributed by atoms with E-state index in [2.05, 4.69) is 10.2 Å². The summed E-state index contributed by atoms with van der Waals surface area (Å²) in [6, 6.07) is 7.13. The van der Waals surface area contributed by atoms with Crippen LogP contribution in [0.15, 0.2) is 24.3 Å². The fourth-order valence-corrected chi connectivity index (χ4v) is 4.94. The lowest BCUT2D eigenvalue weighted by molar-refractivity contribution is -0.133. The lowest BCUT2D eigenvalue weighted by Crippen LogP contribution is -2.65. The summed E-state index contributed by atoms with van der Waals surface area (Å²) in [5, 5.41) is 3.08. The second-order valence-corrected chi connectivity index (χ2v) is 8.89. The van der Waals surface area contributed by atoms with Crippen molar-refractivity contribution < 1.29 is 23.8 Å². The van der Waals surface area contributed by atoms with Crippen molar-refractivity contribution in [2.24, 2.45) is 0 Å². The van der Waals surface area contributed by atoms with E-state index in [0.29, 0.717) is 56.8 Å². The van der Waals surface area contributed by atoms with E-state index in [9.17, 15) is 9.59 Å². The maximum atomic E-state index is 13.5. The number of nitrogens with zero attached hydrogens (tertiary/aromatic N) is 2. The summed E-state index contributed by atoms with van der Waals surface area (Å²) in [5.41, 5.74) is 0.514. The van der Waals surface area contributed by atoms with E-state index in [0.717, 1.165) is 32.2 Å². The van der Waals surface area contributed by atoms with Crippen LogP contribution in [0.2, 0.25) is 0 Å². The number of para-hydroxylation sites is 1. The van der Waals surface area contributed by atoms with Gasteiger partial charge in [0.25, 0.3) is 5.91 Å². The van der Waals surface area contributed by atoms with Gasteiger partial charge in [0, 0.05) is 32.6 Å². The molecule has 4 aliphatic heterocycles. The molecule has 8 nitrogen and oxygen atoms in total. The summed E-state index contributed by atoms with van der Waals surface area (Å²) in [6.45, 7) is 4.13. The van der Waals surface area contributed by atoms with E-state index in [4.69, 9.17) is 14.2 Å². The number of ether oxygens (including phenoxy) is 3. The molecule has 3 saturated heterocycles. The summed E-state index contributed by atoms with van der Waals surface area (Å²) >= 11 is 0. The minimum Gasteiger partial charge on any atom is -0.493 e. The van der Waals surface area contributed by atoms with Crippen molar-refractivity contribution in [1.29, 1.82) is 0 Å². The van der Waals surface area contributed by atoms with Crippen molar-refractivity contribution in [3.63, 3.8) is 0 Å². The topological polar surface area (TPSA) is 80.3 Å². The first-order valence-corrected chi connectivity index (χ1v) is 11.5. The molecule has 31 heavy (non-hydrogen) atoms. The summed E-state index contributed by atoms with van der Waals surface area (Å²) in [5.74, 6) is 0.319. The molecule has 3 atom stereocenters. The third-order valence-corrected chi connectivity index (χ3v) is 6.87. The molecule has 1 aromatic carbocycles. The highest BCUT2D eigenvalue weighted by atomic mass is 16.5. The SMILES string of the molecule is O=C1NC[C@@H]2CCC[C@@H](CCOc3ccccc3C(=O)N3CCN(C4COC4)C[C@@H]13)O2. The Morgan fingerprint density at radius 1 is 1.00 bits per heavy atom. The quantitative estimate of drug-likeness (QED) is 0.719. The third-order valence-electron chi connectivity index (χ3n) is 6.87. The molecule has 2 bridgehead atoms. The molecule has 168 valence electrons. The second kappa shape index (κ2) is 9.14. The Labute approximate surface area is 182 Å². The molecule has 2 amide bonds. The Bertz CT molecular complexity index is 814. The number of amides is 2. The van der Waals surface area contributed by atoms with Crippen molar-refractivity contribution in [1.82, 2.24) is 15.1 Å². The van der Waals surface area contributed by atoms with Crippen LogP contribution in [-0.4, -0.2) is 91.9 Å². The zero-order valence-corrected chi connectivity index (χ0v) is 17.8. The van der Waals surface area contributed by atoms with Gasteiger partial charge in [0.15, 0.2) is 0 Å². The van der Waals surface area contributed by atoms with Crippen LogP contribution in [0.3, 0.4) is 0 Å². The molecule has 1 N–H and O–H groups in total. The first-order chi connectivity index (χ1) is 15.2. The minimum absolute atomic E-state index is 0.0156. The molecule has 0 aromatic heterocycles. The molecule has 4 heterocycles. The van der Waals surface area contributed by atoms with Gasteiger partial charge in [-0.1, -0.05) is 12.1 Å². The average Bonchev–Trinajstić information content (AvgIpc) is 2.76. The number of piperazine rings is 1. The fraction of sp³-hybridized carbons (Fsp3) is 0.652. The van der Waals surface area contributed by atoms with Gasteiger partial charge in [-0.15, -0.1) is 0 Å². The Kier molecular flexibility index (Phi) is 6.11. The average molecular weight is 430 g/mol. The largest absolute Gasteiger partial charge is 0.493 e. The molecule has 4 aliphatic rings. The van der Waals surface area contributed by atoms with Gasteiger partial charge in [-0.25, -0.2) is 0 Å². The normalized spacial score (nSPS) is 30.8. The second-order valence-electron chi connectivity index (χ2n) is 8.89. The first kappa shape index (κ1) is 20.7. The minimum atomic E-state index is -0.544. The van der Waals surface area contributed by atoms with Crippen LogP contribution in [0.1, 0.15) is 36.0 Å². The van der Waals surface area contributed by atoms with E-state index >= 15 is 0 Å². The van der Waals surface area contributed by atoms with Crippen molar-refractivity contribution in [3.8, 4) is 5.75 Å². The standard InChI is InChI=1S/C23H31N3O5/c27-22-20-13-25(16-14-29-15-16)9-10-26(20)23(28)19-6-1-2-7-21(19)30-11-8-17-4-3-5-18(31-17)12-24-22/h1-2,6-7,16-18,20H,3-5,8-15H2,(H,24,27)/t17-,18-,20-/m0/s1. The number of carbonyl (C=O) groups is 2. The molecule has 5 rings (SSSR count). The van der Waals surface area contributed by atoms with Crippen molar-refractivity contribution >= 4 is 11.8 Å². The molecule has 0 unspecified atom stereocenters. The monoisotopic (exact) mass is 429 g/mol. The number of carbonyl (C=O) groups excluding carboxylic acids is 2. The van der Waals surface area contributed by atoms with E-state index in [1.54, 1.807) is 11.0 Å². The van der Waals surface area contributed by atoms with Crippen LogP contribution in [0.5, 0.6) is 5.75 Å². The van der Waals surface area contributed by atoms with Crippen molar-refractivity contribution in [2.75, 3.05) is 46.0 Å². The summed E-state index contributed by atoms with van der Waals surface area (Å²) < 4.78 is 17.6. The molecule has 3 fully saturated rings. The third kappa shape index (κ3) is 4.42. The van der Waals surface area contributed by atoms with Gasteiger partial charge in [-0.2, -0.15) is 0 Å². The van der Waals surface area contributed by atoms with Gasteiger partial charge in [-0.05, 0) is 31.4 Å². The highest BCUT2D eigenvalue weighted by molar-refractivity contribution is 6.00. The number of nitrogens with one attached hydrogen (secondary N) is 1. The summed E-state index contributed by atoms with van der Waals surface area (Å²) in [6.07, 6.45) is 3.95. The Hall–Kier alpha value is -2.16. The van der Waals surface area contributed by atoms with Crippen LogP contribution in [-0.2, 0) is 14.3 Å². The van der Waals surface area contributed by atoms with Crippen LogP contribution < -0.4 is 10.1 Å². The zero-order valence-electron chi connectivity index (χ0n) is 17.8. The lowest BCUT2D eigenvalue weighted by Gasteiger charge is -2.46. The van der Waals surface area contributed by atoms with E-state index in [-0.39, 0.29) is 24.0 Å². The molecule has 0 spiro atoms. The van der Waals surface area contributed by atoms with E-state index in [1.165, 1.54) is 0 Å².